The molecule has 2 amide bonds. The largest absolute Gasteiger partial charge is 0.274 e. The number of imide groups is 1. The lowest BCUT2D eigenvalue weighted by Crippen LogP contribution is -2.38. The predicted octanol–water partition coefficient (Wildman–Crippen LogP) is 3.06. The zero-order chi connectivity index (χ0) is 16.3. The van der Waals surface area contributed by atoms with E-state index in [1.54, 1.807) is 0 Å². The highest BCUT2D eigenvalue weighted by Gasteiger charge is 2.57. The number of carbonyl (C=O) groups is 2. The highest BCUT2D eigenvalue weighted by Crippen LogP contribution is 2.51. The van der Waals surface area contributed by atoms with Gasteiger partial charge in [0.1, 0.15) is 0 Å². The Hall–Kier alpha value is -2.02. The average molecular weight is 377 g/mol. The maximum absolute atomic E-state index is 12.8. The van der Waals surface area contributed by atoms with Gasteiger partial charge in [-0.15, -0.1) is 0 Å². The Morgan fingerprint density at radius 3 is 2.09 bits per heavy atom. The molecule has 2 bridgehead atoms. The number of halogens is 1. The summed E-state index contributed by atoms with van der Waals surface area (Å²) in [4.78, 5) is 37.2. The summed E-state index contributed by atoms with van der Waals surface area (Å²) < 4.78 is 0.382. The molecule has 0 N–H and O–H groups in total. The van der Waals surface area contributed by atoms with E-state index < -0.39 is 4.92 Å². The number of allylic oxidation sites excluding steroid dienone is 2. The van der Waals surface area contributed by atoms with Gasteiger partial charge in [-0.1, -0.05) is 12.2 Å². The number of nitro benzene ring substituents is 1. The van der Waals surface area contributed by atoms with Gasteiger partial charge in [0.25, 0.3) is 5.69 Å². The van der Waals surface area contributed by atoms with Crippen molar-refractivity contribution in [2.45, 2.75) is 12.8 Å². The van der Waals surface area contributed by atoms with Crippen LogP contribution in [-0.4, -0.2) is 16.7 Å². The Balaban J connectivity index is 1.75. The average Bonchev–Trinajstić information content (AvgIpc) is 2.82. The van der Waals surface area contributed by atoms with E-state index in [9.17, 15) is 19.7 Å². The second kappa shape index (κ2) is 4.99. The molecule has 1 aromatic carbocycles. The van der Waals surface area contributed by atoms with Crippen LogP contribution in [0.4, 0.5) is 11.4 Å². The standard InChI is InChI=1S/C16H13BrN2O4/c17-11-7-10(19(22)23)5-6-12(11)18-15(20)13-8-1-2-9(4-3-8)14(13)16(18)21/h1-2,5-9,13-14H,3-4H2/t8-,9-,13-,14-/m0/s1. The number of nitrogens with zero attached hydrogens (tertiary/aromatic N) is 2. The molecule has 1 saturated carbocycles. The zero-order valence-electron chi connectivity index (χ0n) is 12.0. The summed E-state index contributed by atoms with van der Waals surface area (Å²) in [6.45, 7) is 0. The lowest BCUT2D eigenvalue weighted by atomic mass is 9.63. The third-order valence-corrected chi connectivity index (χ3v) is 5.78. The molecule has 2 fully saturated rings. The maximum Gasteiger partial charge on any atom is 0.270 e. The number of carbonyl (C=O) groups excluding carboxylic acids is 2. The lowest BCUT2D eigenvalue weighted by Gasteiger charge is -2.38. The van der Waals surface area contributed by atoms with Gasteiger partial charge in [0.2, 0.25) is 11.8 Å². The molecular weight excluding hydrogens is 364 g/mol. The van der Waals surface area contributed by atoms with E-state index >= 15 is 0 Å². The van der Waals surface area contributed by atoms with Crippen LogP contribution in [0.1, 0.15) is 12.8 Å². The predicted molar refractivity (Wildman–Crippen MR) is 85.6 cm³/mol. The van der Waals surface area contributed by atoms with Crippen LogP contribution in [0.25, 0.3) is 0 Å². The number of non-ortho nitro benzene ring substituents is 1. The van der Waals surface area contributed by atoms with Crippen molar-refractivity contribution in [3.8, 4) is 0 Å². The van der Waals surface area contributed by atoms with Crippen molar-refractivity contribution in [1.29, 1.82) is 0 Å². The van der Waals surface area contributed by atoms with Gasteiger partial charge in [0, 0.05) is 16.6 Å². The molecule has 1 saturated heterocycles. The van der Waals surface area contributed by atoms with Crippen molar-refractivity contribution in [3.63, 3.8) is 0 Å². The van der Waals surface area contributed by atoms with Crippen molar-refractivity contribution >= 4 is 39.1 Å². The van der Waals surface area contributed by atoms with Crippen molar-refractivity contribution in [1.82, 2.24) is 0 Å². The summed E-state index contributed by atoms with van der Waals surface area (Å²) in [6, 6.07) is 4.10. The first-order valence-corrected chi connectivity index (χ1v) is 8.28. The number of benzene rings is 1. The van der Waals surface area contributed by atoms with Crippen molar-refractivity contribution < 1.29 is 14.5 Å². The van der Waals surface area contributed by atoms with E-state index in [1.165, 1.54) is 23.1 Å². The van der Waals surface area contributed by atoms with Gasteiger partial charge in [-0.3, -0.25) is 19.7 Å². The molecule has 0 radical (unpaired) electrons. The Kier molecular flexibility index (Phi) is 3.16. The molecule has 1 aromatic rings. The number of rotatable bonds is 2. The minimum absolute atomic E-state index is 0.0844. The molecule has 1 heterocycles. The summed E-state index contributed by atoms with van der Waals surface area (Å²) in [7, 11) is 0. The second-order valence-electron chi connectivity index (χ2n) is 6.25. The Morgan fingerprint density at radius 1 is 1.09 bits per heavy atom. The van der Waals surface area contributed by atoms with Gasteiger partial charge in [0.05, 0.1) is 22.4 Å². The number of hydrogen-bond acceptors (Lipinski definition) is 4. The number of amides is 2. The number of anilines is 1. The van der Waals surface area contributed by atoms with E-state index in [0.717, 1.165) is 12.8 Å². The lowest BCUT2D eigenvalue weighted by molar-refractivity contribution is -0.384. The van der Waals surface area contributed by atoms with Gasteiger partial charge in [-0.05, 0) is 46.7 Å². The molecule has 6 nitrogen and oxygen atoms in total. The van der Waals surface area contributed by atoms with Crippen LogP contribution in [0.2, 0.25) is 0 Å². The first-order valence-electron chi connectivity index (χ1n) is 7.49. The van der Waals surface area contributed by atoms with Crippen molar-refractivity contribution in [2.75, 3.05) is 4.90 Å². The SMILES string of the molecule is O=C1[C@@H]2[C@@H](C(=O)N1c1ccc([N+](=O)[O-])cc1Br)[C@H]1C=C[C@H]2CC1. The van der Waals surface area contributed by atoms with Crippen LogP contribution in [-0.2, 0) is 9.59 Å². The third-order valence-electron chi connectivity index (χ3n) is 5.14. The summed E-state index contributed by atoms with van der Waals surface area (Å²) >= 11 is 3.26. The quantitative estimate of drug-likeness (QED) is 0.343. The second-order valence-corrected chi connectivity index (χ2v) is 7.10. The molecule has 4 atom stereocenters. The van der Waals surface area contributed by atoms with E-state index in [-0.39, 0.29) is 41.2 Å². The Bertz CT molecular complexity index is 743. The van der Waals surface area contributed by atoms with Crippen molar-refractivity contribution in [2.24, 2.45) is 23.7 Å². The number of nitro groups is 1. The highest BCUT2D eigenvalue weighted by atomic mass is 79.9. The van der Waals surface area contributed by atoms with Gasteiger partial charge >= 0.3 is 0 Å². The van der Waals surface area contributed by atoms with Gasteiger partial charge in [0.15, 0.2) is 0 Å². The zero-order valence-corrected chi connectivity index (χ0v) is 13.6. The first-order chi connectivity index (χ1) is 11.0. The molecule has 3 aliphatic carbocycles. The summed E-state index contributed by atoms with van der Waals surface area (Å²) in [5.41, 5.74) is 0.304. The fraction of sp³-hybridized carbons (Fsp3) is 0.375. The number of hydrogen-bond donors (Lipinski definition) is 0. The smallest absolute Gasteiger partial charge is 0.270 e. The molecule has 118 valence electrons. The highest BCUT2D eigenvalue weighted by molar-refractivity contribution is 9.10. The fourth-order valence-corrected chi connectivity index (χ4v) is 4.65. The molecule has 1 aliphatic heterocycles. The van der Waals surface area contributed by atoms with E-state index in [0.29, 0.717) is 10.2 Å². The monoisotopic (exact) mass is 376 g/mol. The van der Waals surface area contributed by atoms with Gasteiger partial charge in [-0.25, -0.2) is 4.90 Å². The topological polar surface area (TPSA) is 80.5 Å². The van der Waals surface area contributed by atoms with Crippen LogP contribution in [0.15, 0.2) is 34.8 Å². The van der Waals surface area contributed by atoms with Gasteiger partial charge in [-0.2, -0.15) is 0 Å². The summed E-state index contributed by atoms with van der Waals surface area (Å²) in [5.74, 6) is -0.685. The Morgan fingerprint density at radius 2 is 1.65 bits per heavy atom. The molecule has 7 heteroatoms. The molecular formula is C16H13BrN2O4. The third kappa shape index (κ3) is 1.99. The summed E-state index contributed by atoms with van der Waals surface area (Å²) in [6.07, 6.45) is 6.01. The van der Waals surface area contributed by atoms with E-state index in [4.69, 9.17) is 0 Å². The van der Waals surface area contributed by atoms with Crippen LogP contribution < -0.4 is 4.90 Å². The number of fused-ring (bicyclic) bond motifs is 1. The maximum atomic E-state index is 12.8. The van der Waals surface area contributed by atoms with Crippen molar-refractivity contribution in [3.05, 3.63) is 44.9 Å². The molecule has 0 spiro atoms. The van der Waals surface area contributed by atoms with Crippen LogP contribution in [0, 0.1) is 33.8 Å². The molecule has 4 aliphatic rings. The fourth-order valence-electron chi connectivity index (χ4n) is 4.10. The molecule has 0 aromatic heterocycles. The first kappa shape index (κ1) is 14.6. The molecule has 5 rings (SSSR count). The van der Waals surface area contributed by atoms with Gasteiger partial charge < -0.3 is 0 Å². The minimum Gasteiger partial charge on any atom is -0.274 e. The summed E-state index contributed by atoms with van der Waals surface area (Å²) in [5, 5.41) is 10.8. The van der Waals surface area contributed by atoms with E-state index in [2.05, 4.69) is 28.1 Å². The van der Waals surface area contributed by atoms with Crippen LogP contribution in [0.5, 0.6) is 0 Å². The van der Waals surface area contributed by atoms with E-state index in [1.807, 2.05) is 0 Å². The molecule has 23 heavy (non-hydrogen) atoms. The molecule has 0 unspecified atom stereocenters. The van der Waals surface area contributed by atoms with Crippen LogP contribution >= 0.6 is 15.9 Å². The Labute approximate surface area is 140 Å². The normalized spacial score (nSPS) is 31.6. The minimum atomic E-state index is -0.508. The van der Waals surface area contributed by atoms with Crippen LogP contribution in [0.3, 0.4) is 0 Å².